The summed E-state index contributed by atoms with van der Waals surface area (Å²) in [6.07, 6.45) is 0.334. The fourth-order valence-corrected chi connectivity index (χ4v) is 1.42. The average Bonchev–Trinajstić information content (AvgIpc) is 2.10. The van der Waals surface area contributed by atoms with Crippen molar-refractivity contribution in [3.8, 4) is 0 Å². The monoisotopic (exact) mass is 180 g/mol. The lowest BCUT2D eigenvalue weighted by atomic mass is 10.3. The standard InChI is InChI=1S/C5H8O5S/c1-11(7,8)10-4-2-5(6)9-3-4/h4H,2-3H2,1H3/t4-/m1/s1. The first-order valence-electron chi connectivity index (χ1n) is 3.01. The number of hydrogen-bond donors (Lipinski definition) is 0. The third-order valence-corrected chi connectivity index (χ3v) is 1.76. The van der Waals surface area contributed by atoms with Gasteiger partial charge in [0.25, 0.3) is 10.1 Å². The number of cyclic esters (lactones) is 1. The lowest BCUT2D eigenvalue weighted by Crippen LogP contribution is -2.17. The van der Waals surface area contributed by atoms with E-state index in [-0.39, 0.29) is 13.0 Å². The van der Waals surface area contributed by atoms with Crippen LogP contribution in [0.5, 0.6) is 0 Å². The highest BCUT2D eigenvalue weighted by Gasteiger charge is 2.27. The molecule has 0 bridgehead atoms. The molecule has 0 spiro atoms. The van der Waals surface area contributed by atoms with Crippen LogP contribution in [0.15, 0.2) is 0 Å². The second-order valence-electron chi connectivity index (χ2n) is 2.31. The first kappa shape index (κ1) is 8.48. The molecule has 1 rings (SSSR count). The molecular weight excluding hydrogens is 172 g/mol. The molecule has 0 aromatic carbocycles. The van der Waals surface area contributed by atoms with E-state index in [1.807, 2.05) is 0 Å². The molecule has 1 heterocycles. The molecule has 0 amide bonds. The van der Waals surface area contributed by atoms with Crippen molar-refractivity contribution in [2.75, 3.05) is 12.9 Å². The minimum absolute atomic E-state index is 0.0209. The summed E-state index contributed by atoms with van der Waals surface area (Å²) in [6, 6.07) is 0. The minimum Gasteiger partial charge on any atom is -0.463 e. The molecule has 64 valence electrons. The molecule has 1 fully saturated rings. The first-order chi connectivity index (χ1) is 4.97. The van der Waals surface area contributed by atoms with Crippen LogP contribution in [0.3, 0.4) is 0 Å². The van der Waals surface area contributed by atoms with E-state index in [0.717, 1.165) is 6.26 Å². The predicted molar refractivity (Wildman–Crippen MR) is 35.3 cm³/mol. The highest BCUT2D eigenvalue weighted by molar-refractivity contribution is 7.86. The van der Waals surface area contributed by atoms with Crippen molar-refractivity contribution < 1.29 is 22.1 Å². The zero-order chi connectivity index (χ0) is 8.48. The topological polar surface area (TPSA) is 69.7 Å². The molecule has 1 saturated heterocycles. The fraction of sp³-hybridized carbons (Fsp3) is 0.800. The highest BCUT2D eigenvalue weighted by Crippen LogP contribution is 2.11. The van der Waals surface area contributed by atoms with E-state index >= 15 is 0 Å². The normalized spacial score (nSPS) is 25.2. The summed E-state index contributed by atoms with van der Waals surface area (Å²) in [4.78, 5) is 10.4. The molecule has 11 heavy (non-hydrogen) atoms. The number of ether oxygens (including phenoxy) is 1. The summed E-state index contributed by atoms with van der Waals surface area (Å²) in [7, 11) is -3.46. The van der Waals surface area contributed by atoms with E-state index in [1.165, 1.54) is 0 Å². The SMILES string of the molecule is CS(=O)(=O)O[C@H]1COC(=O)C1. The maximum Gasteiger partial charge on any atom is 0.308 e. The van der Waals surface area contributed by atoms with Crippen LogP contribution in [0, 0.1) is 0 Å². The Morgan fingerprint density at radius 3 is 2.64 bits per heavy atom. The van der Waals surface area contributed by atoms with Gasteiger partial charge in [-0.2, -0.15) is 8.42 Å². The van der Waals surface area contributed by atoms with Gasteiger partial charge in [-0.15, -0.1) is 0 Å². The van der Waals surface area contributed by atoms with E-state index in [1.54, 1.807) is 0 Å². The van der Waals surface area contributed by atoms with Gasteiger partial charge >= 0.3 is 5.97 Å². The van der Waals surface area contributed by atoms with Gasteiger partial charge in [0.1, 0.15) is 12.7 Å². The Morgan fingerprint density at radius 2 is 2.27 bits per heavy atom. The predicted octanol–water partition coefficient (Wildman–Crippen LogP) is -0.722. The molecule has 0 saturated carbocycles. The molecule has 0 radical (unpaired) electrons. The van der Waals surface area contributed by atoms with Crippen LogP contribution in [0.1, 0.15) is 6.42 Å². The molecule has 6 heteroatoms. The summed E-state index contributed by atoms with van der Waals surface area (Å²) in [6.45, 7) is 0.0336. The Labute approximate surface area is 64.4 Å². The van der Waals surface area contributed by atoms with Crippen LogP contribution in [0.2, 0.25) is 0 Å². The third kappa shape index (κ3) is 2.85. The average molecular weight is 180 g/mol. The molecule has 0 aliphatic carbocycles. The smallest absolute Gasteiger partial charge is 0.308 e. The first-order valence-corrected chi connectivity index (χ1v) is 4.83. The van der Waals surface area contributed by atoms with Gasteiger partial charge in [-0.3, -0.25) is 8.98 Å². The lowest BCUT2D eigenvalue weighted by Gasteiger charge is -2.03. The van der Waals surface area contributed by atoms with Crippen LogP contribution < -0.4 is 0 Å². The second-order valence-corrected chi connectivity index (χ2v) is 3.91. The highest BCUT2D eigenvalue weighted by atomic mass is 32.2. The van der Waals surface area contributed by atoms with E-state index < -0.39 is 22.2 Å². The quantitative estimate of drug-likeness (QED) is 0.414. The zero-order valence-electron chi connectivity index (χ0n) is 5.94. The van der Waals surface area contributed by atoms with Gasteiger partial charge in [-0.05, 0) is 0 Å². The van der Waals surface area contributed by atoms with Gasteiger partial charge in [0.15, 0.2) is 0 Å². The van der Waals surface area contributed by atoms with Crippen LogP contribution >= 0.6 is 0 Å². The molecule has 1 atom stereocenters. The number of rotatable bonds is 2. The Bertz CT molecular complexity index is 254. The van der Waals surface area contributed by atoms with E-state index in [0.29, 0.717) is 0 Å². The van der Waals surface area contributed by atoms with Crippen molar-refractivity contribution in [1.82, 2.24) is 0 Å². The van der Waals surface area contributed by atoms with Gasteiger partial charge < -0.3 is 4.74 Å². The van der Waals surface area contributed by atoms with Crippen molar-refractivity contribution in [3.05, 3.63) is 0 Å². The van der Waals surface area contributed by atoms with Crippen molar-refractivity contribution >= 4 is 16.1 Å². The fourth-order valence-electron chi connectivity index (χ4n) is 0.799. The molecule has 1 aliphatic rings. The van der Waals surface area contributed by atoms with E-state index in [9.17, 15) is 13.2 Å². The van der Waals surface area contributed by atoms with Crippen LogP contribution in [0.4, 0.5) is 0 Å². The number of carbonyl (C=O) groups is 1. The van der Waals surface area contributed by atoms with Crippen LogP contribution in [0.25, 0.3) is 0 Å². The maximum atomic E-state index is 10.5. The number of esters is 1. The molecule has 1 aliphatic heterocycles. The van der Waals surface area contributed by atoms with Crippen molar-refractivity contribution in [1.29, 1.82) is 0 Å². The molecule has 5 nitrogen and oxygen atoms in total. The van der Waals surface area contributed by atoms with Gasteiger partial charge in [0.05, 0.1) is 12.7 Å². The lowest BCUT2D eigenvalue weighted by molar-refractivity contribution is -0.137. The number of hydrogen-bond acceptors (Lipinski definition) is 5. The Hall–Kier alpha value is -0.620. The molecule has 0 N–H and O–H groups in total. The van der Waals surface area contributed by atoms with Gasteiger partial charge in [-0.25, -0.2) is 0 Å². The summed E-state index contributed by atoms with van der Waals surface area (Å²) < 4.78 is 30.0. The third-order valence-electron chi connectivity index (χ3n) is 1.14. The van der Waals surface area contributed by atoms with Crippen LogP contribution in [-0.4, -0.2) is 33.4 Å². The Morgan fingerprint density at radius 1 is 1.64 bits per heavy atom. The van der Waals surface area contributed by atoms with Crippen molar-refractivity contribution in [3.63, 3.8) is 0 Å². The summed E-state index contributed by atoms with van der Waals surface area (Å²) >= 11 is 0. The van der Waals surface area contributed by atoms with Gasteiger partial charge in [0.2, 0.25) is 0 Å². The minimum atomic E-state index is -3.46. The molecule has 0 aromatic rings. The molecule has 0 unspecified atom stereocenters. The van der Waals surface area contributed by atoms with Crippen molar-refractivity contribution in [2.24, 2.45) is 0 Å². The van der Waals surface area contributed by atoms with Gasteiger partial charge in [-0.1, -0.05) is 0 Å². The maximum absolute atomic E-state index is 10.5. The Kier molecular flexibility index (Phi) is 2.15. The summed E-state index contributed by atoms with van der Waals surface area (Å²) in [5.74, 6) is -0.418. The Balaban J connectivity index is 2.47. The second kappa shape index (κ2) is 2.78. The summed E-state index contributed by atoms with van der Waals surface area (Å²) in [5.41, 5.74) is 0. The largest absolute Gasteiger partial charge is 0.463 e. The summed E-state index contributed by atoms with van der Waals surface area (Å²) in [5, 5.41) is 0. The van der Waals surface area contributed by atoms with Crippen LogP contribution in [-0.2, 0) is 23.8 Å². The van der Waals surface area contributed by atoms with E-state index in [2.05, 4.69) is 8.92 Å². The zero-order valence-corrected chi connectivity index (χ0v) is 6.76. The van der Waals surface area contributed by atoms with E-state index in [4.69, 9.17) is 0 Å². The number of carbonyl (C=O) groups excluding carboxylic acids is 1. The molecule has 0 aromatic heterocycles. The van der Waals surface area contributed by atoms with Crippen molar-refractivity contribution in [2.45, 2.75) is 12.5 Å². The molecular formula is C5H8O5S. The van der Waals surface area contributed by atoms with Gasteiger partial charge in [0, 0.05) is 0 Å².